The molecule has 0 saturated heterocycles. The second-order valence-corrected chi connectivity index (χ2v) is 6.46. The third-order valence-corrected chi connectivity index (χ3v) is 4.95. The van der Waals surface area contributed by atoms with Crippen molar-refractivity contribution in [1.29, 1.82) is 0 Å². The van der Waals surface area contributed by atoms with Gasteiger partial charge in [-0.2, -0.15) is 0 Å². The Balaban J connectivity index is 2.28. The summed E-state index contributed by atoms with van der Waals surface area (Å²) in [6.07, 6.45) is 9.69. The zero-order valence-corrected chi connectivity index (χ0v) is 12.4. The maximum Gasteiger partial charge on any atom is 0.0948 e. The molecule has 0 N–H and O–H groups in total. The summed E-state index contributed by atoms with van der Waals surface area (Å²) >= 11 is 0. The minimum Gasteiger partial charge on any atom is -0.334 e. The highest BCUT2D eigenvalue weighted by Gasteiger charge is 2.38. The van der Waals surface area contributed by atoms with Crippen molar-refractivity contribution in [2.75, 3.05) is 0 Å². The van der Waals surface area contributed by atoms with Gasteiger partial charge in [0.2, 0.25) is 0 Å². The van der Waals surface area contributed by atoms with Crippen LogP contribution in [0.1, 0.15) is 59.9 Å². The van der Waals surface area contributed by atoms with Crippen LogP contribution in [0.25, 0.3) is 0 Å². The second-order valence-electron chi connectivity index (χ2n) is 6.46. The van der Waals surface area contributed by atoms with Crippen LogP contribution in [0.4, 0.5) is 0 Å². The normalized spacial score (nSPS) is 28.8. The molecule has 0 bridgehead atoms. The van der Waals surface area contributed by atoms with Crippen molar-refractivity contribution in [3.63, 3.8) is 0 Å². The van der Waals surface area contributed by atoms with Crippen molar-refractivity contribution in [3.05, 3.63) is 29.9 Å². The van der Waals surface area contributed by atoms with Crippen molar-refractivity contribution in [1.82, 2.24) is 9.55 Å². The maximum absolute atomic E-state index is 4.19. The number of hydrogen-bond donors (Lipinski definition) is 0. The quantitative estimate of drug-likeness (QED) is 0.697. The molecule has 2 nitrogen and oxygen atoms in total. The highest BCUT2D eigenvalue weighted by Crippen LogP contribution is 2.50. The molecule has 0 aliphatic heterocycles. The van der Waals surface area contributed by atoms with Gasteiger partial charge in [0.15, 0.2) is 0 Å². The Kier molecular flexibility index (Phi) is 3.65. The highest BCUT2D eigenvalue weighted by molar-refractivity contribution is 5.23. The van der Waals surface area contributed by atoms with E-state index in [4.69, 9.17) is 0 Å². The Morgan fingerprint density at radius 2 is 2.17 bits per heavy atom. The summed E-state index contributed by atoms with van der Waals surface area (Å²) in [5.41, 5.74) is 3.56. The summed E-state index contributed by atoms with van der Waals surface area (Å²) in [7, 11) is 0. The summed E-state index contributed by atoms with van der Waals surface area (Å²) in [6.45, 7) is 11.7. The average molecular weight is 246 g/mol. The predicted molar refractivity (Wildman–Crippen MR) is 76.4 cm³/mol. The lowest BCUT2D eigenvalue weighted by Gasteiger charge is -2.44. The Morgan fingerprint density at radius 3 is 2.67 bits per heavy atom. The molecule has 0 aromatic carbocycles. The molecular formula is C16H26N2. The van der Waals surface area contributed by atoms with Gasteiger partial charge in [0, 0.05) is 18.4 Å². The van der Waals surface area contributed by atoms with Crippen molar-refractivity contribution < 1.29 is 0 Å². The van der Waals surface area contributed by atoms with E-state index in [1.807, 2.05) is 12.5 Å². The fraction of sp³-hybridized carbons (Fsp3) is 0.688. The van der Waals surface area contributed by atoms with Crippen LogP contribution in [-0.4, -0.2) is 9.55 Å². The molecule has 100 valence electrons. The Hall–Kier alpha value is -1.05. The van der Waals surface area contributed by atoms with E-state index in [0.717, 1.165) is 0 Å². The van der Waals surface area contributed by atoms with E-state index < -0.39 is 0 Å². The molecule has 1 saturated carbocycles. The van der Waals surface area contributed by atoms with Crippen molar-refractivity contribution in [2.45, 2.75) is 59.9 Å². The van der Waals surface area contributed by atoms with Gasteiger partial charge >= 0.3 is 0 Å². The predicted octanol–water partition coefficient (Wildman–Crippen LogP) is 4.61. The fourth-order valence-corrected chi connectivity index (χ4v) is 3.34. The number of imidazole rings is 1. The van der Waals surface area contributed by atoms with Crippen LogP contribution >= 0.6 is 0 Å². The maximum atomic E-state index is 4.19. The first-order chi connectivity index (χ1) is 8.45. The zero-order chi connectivity index (χ0) is 13.3. The lowest BCUT2D eigenvalue weighted by atomic mass is 9.63. The first-order valence-electron chi connectivity index (χ1n) is 7.09. The zero-order valence-electron chi connectivity index (χ0n) is 12.4. The Bertz CT molecular complexity index is 424. The molecule has 0 spiro atoms. The standard InChI is InChI=1S/C16H26N2/c1-12(2)15-10-14(18-9-8-17-11-18)6-7-16(15,5)13(3)4/h8-9,11,13-14H,6-7,10H2,1-5H3/t14-,16+/m0/s1. The van der Waals surface area contributed by atoms with E-state index in [-0.39, 0.29) is 0 Å². The third kappa shape index (κ3) is 2.25. The summed E-state index contributed by atoms with van der Waals surface area (Å²) in [5, 5.41) is 0. The van der Waals surface area contributed by atoms with Crippen molar-refractivity contribution >= 4 is 0 Å². The van der Waals surface area contributed by atoms with Crippen LogP contribution in [0.5, 0.6) is 0 Å². The molecule has 1 fully saturated rings. The fourth-order valence-electron chi connectivity index (χ4n) is 3.34. The summed E-state index contributed by atoms with van der Waals surface area (Å²) in [6, 6.07) is 0.601. The third-order valence-electron chi connectivity index (χ3n) is 4.95. The number of nitrogens with zero attached hydrogens (tertiary/aromatic N) is 2. The molecule has 2 heteroatoms. The van der Waals surface area contributed by atoms with Crippen LogP contribution in [0.15, 0.2) is 29.9 Å². The molecule has 1 heterocycles. The molecule has 0 amide bonds. The van der Waals surface area contributed by atoms with E-state index in [2.05, 4.69) is 50.4 Å². The second kappa shape index (κ2) is 4.91. The van der Waals surface area contributed by atoms with Gasteiger partial charge in [0.25, 0.3) is 0 Å². The first-order valence-corrected chi connectivity index (χ1v) is 7.09. The van der Waals surface area contributed by atoms with E-state index in [1.165, 1.54) is 24.8 Å². The molecule has 1 aliphatic rings. The molecule has 1 aliphatic carbocycles. The molecule has 18 heavy (non-hydrogen) atoms. The van der Waals surface area contributed by atoms with Gasteiger partial charge < -0.3 is 4.57 Å². The molecule has 0 unspecified atom stereocenters. The molecular weight excluding hydrogens is 220 g/mol. The highest BCUT2D eigenvalue weighted by atomic mass is 15.1. The van der Waals surface area contributed by atoms with Crippen LogP contribution in [0, 0.1) is 11.3 Å². The van der Waals surface area contributed by atoms with Gasteiger partial charge in [-0.25, -0.2) is 4.98 Å². The van der Waals surface area contributed by atoms with Gasteiger partial charge in [0.05, 0.1) is 6.33 Å². The van der Waals surface area contributed by atoms with E-state index >= 15 is 0 Å². The van der Waals surface area contributed by atoms with E-state index in [0.29, 0.717) is 17.4 Å². The van der Waals surface area contributed by atoms with Gasteiger partial charge in [-0.15, -0.1) is 0 Å². The lowest BCUT2D eigenvalue weighted by Crippen LogP contribution is -2.33. The van der Waals surface area contributed by atoms with Crippen LogP contribution < -0.4 is 0 Å². The molecule has 2 atom stereocenters. The minimum absolute atomic E-state index is 0.385. The van der Waals surface area contributed by atoms with Crippen molar-refractivity contribution in [2.24, 2.45) is 11.3 Å². The summed E-state index contributed by atoms with van der Waals surface area (Å²) < 4.78 is 2.28. The van der Waals surface area contributed by atoms with Crippen LogP contribution in [0.2, 0.25) is 0 Å². The monoisotopic (exact) mass is 246 g/mol. The molecule has 1 aromatic heterocycles. The number of aromatic nitrogens is 2. The topological polar surface area (TPSA) is 17.8 Å². The summed E-state index contributed by atoms with van der Waals surface area (Å²) in [5.74, 6) is 0.714. The van der Waals surface area contributed by atoms with Gasteiger partial charge in [-0.3, -0.25) is 0 Å². The number of allylic oxidation sites excluding steroid dienone is 2. The van der Waals surface area contributed by atoms with Crippen LogP contribution in [-0.2, 0) is 0 Å². The van der Waals surface area contributed by atoms with Gasteiger partial charge in [-0.1, -0.05) is 31.9 Å². The van der Waals surface area contributed by atoms with Gasteiger partial charge in [0.1, 0.15) is 0 Å². The summed E-state index contributed by atoms with van der Waals surface area (Å²) in [4.78, 5) is 4.19. The Labute approximate surface area is 111 Å². The largest absolute Gasteiger partial charge is 0.334 e. The van der Waals surface area contributed by atoms with E-state index in [1.54, 1.807) is 5.57 Å². The lowest BCUT2D eigenvalue weighted by molar-refractivity contribution is 0.182. The van der Waals surface area contributed by atoms with Gasteiger partial charge in [-0.05, 0) is 44.4 Å². The SMILES string of the molecule is CC(C)=C1C[C@@H](n2ccnc2)CC[C@]1(C)C(C)C. The number of hydrogen-bond acceptors (Lipinski definition) is 1. The molecule has 1 aromatic rings. The van der Waals surface area contributed by atoms with E-state index in [9.17, 15) is 0 Å². The minimum atomic E-state index is 0.385. The van der Waals surface area contributed by atoms with Crippen molar-refractivity contribution in [3.8, 4) is 0 Å². The molecule has 0 radical (unpaired) electrons. The van der Waals surface area contributed by atoms with Crippen LogP contribution in [0.3, 0.4) is 0 Å². The number of rotatable bonds is 2. The first kappa shape index (κ1) is 13.4. The average Bonchev–Trinajstić information content (AvgIpc) is 2.82. The molecule has 2 rings (SSSR count). The smallest absolute Gasteiger partial charge is 0.0948 e. The Morgan fingerprint density at radius 1 is 1.44 bits per heavy atom.